The van der Waals surface area contributed by atoms with Crippen LogP contribution in [0.3, 0.4) is 0 Å². The van der Waals surface area contributed by atoms with Crippen LogP contribution < -0.4 is 14.4 Å². The van der Waals surface area contributed by atoms with Crippen molar-refractivity contribution in [2.45, 2.75) is 0 Å². The number of carbonyl (C=O) groups excluding carboxylic acids is 1. The fraction of sp³-hybridized carbons (Fsp3) is 0.176. The van der Waals surface area contributed by atoms with Crippen molar-refractivity contribution in [2.75, 3.05) is 25.0 Å². The van der Waals surface area contributed by atoms with Crippen molar-refractivity contribution >= 4 is 51.6 Å². The number of ether oxygens (including phenoxy) is 2. The molecule has 0 saturated carbocycles. The molecule has 0 atom stereocenters. The van der Waals surface area contributed by atoms with Crippen molar-refractivity contribution in [3.8, 4) is 11.5 Å². The standard InChI is InChI=1S/C17H14Cl2N2O4/c1-23-14-4-3-10(5-11(14)19)21(17(22)8-18)13-6-12-15(25-9-20-12)7-16(13)24-2/h3-7,9H,8H2,1-2H3. The number of hydrogen-bond acceptors (Lipinski definition) is 5. The lowest BCUT2D eigenvalue weighted by Gasteiger charge is -2.24. The zero-order valence-electron chi connectivity index (χ0n) is 13.5. The quantitative estimate of drug-likeness (QED) is 0.613. The molecule has 0 fully saturated rings. The number of benzene rings is 2. The number of fused-ring (bicyclic) bond motifs is 1. The van der Waals surface area contributed by atoms with Gasteiger partial charge in [0.05, 0.1) is 30.6 Å². The molecular formula is C17H14Cl2N2O4. The Balaban J connectivity index is 2.19. The third-order valence-corrected chi connectivity index (χ3v) is 4.15. The smallest absolute Gasteiger partial charge is 0.246 e. The maximum absolute atomic E-state index is 12.5. The lowest BCUT2D eigenvalue weighted by Crippen LogP contribution is -2.27. The summed E-state index contributed by atoms with van der Waals surface area (Å²) in [7, 11) is 3.02. The summed E-state index contributed by atoms with van der Waals surface area (Å²) in [4.78, 5) is 18.1. The molecule has 3 rings (SSSR count). The lowest BCUT2D eigenvalue weighted by molar-refractivity contribution is -0.115. The Hall–Kier alpha value is -2.44. The van der Waals surface area contributed by atoms with E-state index in [0.717, 1.165) is 0 Å². The van der Waals surface area contributed by atoms with Gasteiger partial charge in [-0.25, -0.2) is 4.98 Å². The summed E-state index contributed by atoms with van der Waals surface area (Å²) in [6, 6.07) is 8.36. The van der Waals surface area contributed by atoms with Crippen LogP contribution in [-0.2, 0) is 4.79 Å². The second kappa shape index (κ2) is 7.21. The summed E-state index contributed by atoms with van der Waals surface area (Å²) in [5.41, 5.74) is 2.14. The van der Waals surface area contributed by atoms with Crippen molar-refractivity contribution < 1.29 is 18.7 Å². The number of methoxy groups -OCH3 is 2. The minimum atomic E-state index is -0.343. The van der Waals surface area contributed by atoms with Crippen LogP contribution in [-0.4, -0.2) is 31.0 Å². The average Bonchev–Trinajstić information content (AvgIpc) is 3.08. The van der Waals surface area contributed by atoms with Gasteiger partial charge in [-0.2, -0.15) is 0 Å². The minimum Gasteiger partial charge on any atom is -0.495 e. The second-order valence-electron chi connectivity index (χ2n) is 5.03. The summed E-state index contributed by atoms with van der Waals surface area (Å²) < 4.78 is 15.8. The largest absolute Gasteiger partial charge is 0.495 e. The van der Waals surface area contributed by atoms with E-state index in [1.54, 1.807) is 30.3 Å². The highest BCUT2D eigenvalue weighted by atomic mass is 35.5. The number of amides is 1. The van der Waals surface area contributed by atoms with Gasteiger partial charge in [0.1, 0.15) is 22.9 Å². The van der Waals surface area contributed by atoms with E-state index in [2.05, 4.69) is 4.98 Å². The van der Waals surface area contributed by atoms with Gasteiger partial charge in [-0.3, -0.25) is 9.69 Å². The minimum absolute atomic E-state index is 0.219. The van der Waals surface area contributed by atoms with E-state index in [1.807, 2.05) is 0 Å². The van der Waals surface area contributed by atoms with Gasteiger partial charge in [0, 0.05) is 6.07 Å². The number of anilines is 2. The Bertz CT molecular complexity index is 926. The molecule has 130 valence electrons. The van der Waals surface area contributed by atoms with Crippen LogP contribution in [0.2, 0.25) is 5.02 Å². The third kappa shape index (κ3) is 3.23. The van der Waals surface area contributed by atoms with Crippen molar-refractivity contribution in [3.63, 3.8) is 0 Å². The topological polar surface area (TPSA) is 64.8 Å². The van der Waals surface area contributed by atoms with Gasteiger partial charge in [-0.15, -0.1) is 11.6 Å². The lowest BCUT2D eigenvalue weighted by atomic mass is 10.2. The Morgan fingerprint density at radius 2 is 1.96 bits per heavy atom. The molecule has 0 spiro atoms. The molecule has 25 heavy (non-hydrogen) atoms. The number of hydrogen-bond donors (Lipinski definition) is 0. The van der Waals surface area contributed by atoms with Gasteiger partial charge in [0.2, 0.25) is 5.91 Å². The molecule has 0 aliphatic rings. The molecule has 0 saturated heterocycles. The fourth-order valence-electron chi connectivity index (χ4n) is 2.48. The summed E-state index contributed by atoms with van der Waals surface area (Å²) in [6.45, 7) is 0. The van der Waals surface area contributed by atoms with Crippen molar-refractivity contribution in [1.82, 2.24) is 4.98 Å². The van der Waals surface area contributed by atoms with Crippen LogP contribution in [0.4, 0.5) is 11.4 Å². The highest BCUT2D eigenvalue weighted by Gasteiger charge is 2.23. The first-order valence-electron chi connectivity index (χ1n) is 7.22. The first-order chi connectivity index (χ1) is 12.1. The molecule has 0 N–H and O–H groups in total. The molecule has 0 aliphatic carbocycles. The number of aromatic nitrogens is 1. The zero-order valence-corrected chi connectivity index (χ0v) is 15.0. The molecule has 0 unspecified atom stereocenters. The molecule has 1 amide bonds. The number of halogens is 2. The number of nitrogens with zero attached hydrogens (tertiary/aromatic N) is 2. The Morgan fingerprint density at radius 3 is 2.60 bits per heavy atom. The van der Waals surface area contributed by atoms with E-state index < -0.39 is 0 Å². The molecule has 0 radical (unpaired) electrons. The maximum atomic E-state index is 12.5. The summed E-state index contributed by atoms with van der Waals surface area (Å²) in [5, 5.41) is 0.369. The molecule has 0 aliphatic heterocycles. The molecule has 1 aromatic heterocycles. The predicted molar refractivity (Wildman–Crippen MR) is 96.4 cm³/mol. The van der Waals surface area contributed by atoms with Gasteiger partial charge in [-0.05, 0) is 24.3 Å². The first-order valence-corrected chi connectivity index (χ1v) is 8.14. The van der Waals surface area contributed by atoms with Gasteiger partial charge in [0.25, 0.3) is 0 Å². The molecule has 0 bridgehead atoms. The van der Waals surface area contributed by atoms with Gasteiger partial charge < -0.3 is 13.9 Å². The Morgan fingerprint density at radius 1 is 1.20 bits per heavy atom. The summed E-state index contributed by atoms with van der Waals surface area (Å²) >= 11 is 12.0. The Labute approximate surface area is 153 Å². The van der Waals surface area contributed by atoms with Crippen LogP contribution >= 0.6 is 23.2 Å². The van der Waals surface area contributed by atoms with Crippen LogP contribution in [0.15, 0.2) is 41.1 Å². The van der Waals surface area contributed by atoms with Gasteiger partial charge in [-0.1, -0.05) is 11.6 Å². The molecule has 6 nitrogen and oxygen atoms in total. The summed E-state index contributed by atoms with van der Waals surface area (Å²) in [6.07, 6.45) is 1.33. The monoisotopic (exact) mass is 380 g/mol. The second-order valence-corrected chi connectivity index (χ2v) is 5.70. The van der Waals surface area contributed by atoms with Crippen molar-refractivity contribution in [3.05, 3.63) is 41.7 Å². The number of alkyl halides is 1. The van der Waals surface area contributed by atoms with Crippen molar-refractivity contribution in [2.24, 2.45) is 0 Å². The first kappa shape index (κ1) is 17.4. The molecular weight excluding hydrogens is 367 g/mol. The van der Waals surface area contributed by atoms with Crippen molar-refractivity contribution in [1.29, 1.82) is 0 Å². The molecule has 1 heterocycles. The van der Waals surface area contributed by atoms with E-state index >= 15 is 0 Å². The molecule has 8 heteroatoms. The summed E-state index contributed by atoms with van der Waals surface area (Å²) in [5.74, 6) is 0.380. The van der Waals surface area contributed by atoms with Gasteiger partial charge in [0.15, 0.2) is 12.0 Å². The maximum Gasteiger partial charge on any atom is 0.246 e. The molecule has 2 aromatic carbocycles. The van der Waals surface area contributed by atoms with Crippen LogP contribution in [0, 0.1) is 0 Å². The van der Waals surface area contributed by atoms with Gasteiger partial charge >= 0.3 is 0 Å². The van der Waals surface area contributed by atoms with Crippen LogP contribution in [0.1, 0.15) is 0 Å². The highest BCUT2D eigenvalue weighted by Crippen LogP contribution is 2.39. The van der Waals surface area contributed by atoms with Crippen LogP contribution in [0.25, 0.3) is 11.1 Å². The average molecular weight is 381 g/mol. The van der Waals surface area contributed by atoms with E-state index in [-0.39, 0.29) is 11.8 Å². The SMILES string of the molecule is COc1ccc(N(C(=O)CCl)c2cc3ncoc3cc2OC)cc1Cl. The third-order valence-electron chi connectivity index (χ3n) is 3.63. The molecule has 3 aromatic rings. The highest BCUT2D eigenvalue weighted by molar-refractivity contribution is 6.33. The predicted octanol–water partition coefficient (Wildman–Crippen LogP) is 4.40. The zero-order chi connectivity index (χ0) is 18.0. The Kier molecular flexibility index (Phi) is 5.01. The van der Waals surface area contributed by atoms with E-state index in [4.69, 9.17) is 37.1 Å². The fourth-order valence-corrected chi connectivity index (χ4v) is 2.86. The van der Waals surface area contributed by atoms with E-state index in [1.165, 1.54) is 25.5 Å². The van der Waals surface area contributed by atoms with E-state index in [0.29, 0.717) is 39.0 Å². The number of oxazole rings is 1. The van der Waals surface area contributed by atoms with Crippen LogP contribution in [0.5, 0.6) is 11.5 Å². The van der Waals surface area contributed by atoms with E-state index in [9.17, 15) is 4.79 Å². The normalized spacial score (nSPS) is 10.7. The number of rotatable bonds is 5. The number of carbonyl (C=O) groups is 1.